The molecule has 1 aliphatic heterocycles. The number of halogens is 4. The molecule has 1 fully saturated rings. The largest absolute Gasteiger partial charge is 0.586 e. The summed E-state index contributed by atoms with van der Waals surface area (Å²) in [7, 11) is 0. The Balaban J connectivity index is 1.67. The van der Waals surface area contributed by atoms with Crippen LogP contribution in [0.1, 0.15) is 39.0 Å². The summed E-state index contributed by atoms with van der Waals surface area (Å²) >= 11 is 0. The number of hydrogen-bond acceptors (Lipinski definition) is 3. The van der Waals surface area contributed by atoms with E-state index < -0.39 is 18.3 Å². The monoisotopic (exact) mass is 334 g/mol. The van der Waals surface area contributed by atoms with Crippen LogP contribution in [0.2, 0.25) is 0 Å². The quantitative estimate of drug-likeness (QED) is 0.709. The molecular formula is C16H18F4O3. The molecule has 0 spiro atoms. The normalized spacial score (nSPS) is 26.1. The summed E-state index contributed by atoms with van der Waals surface area (Å²) in [6, 6.07) is 3.31. The van der Waals surface area contributed by atoms with E-state index in [1.165, 1.54) is 6.07 Å². The van der Waals surface area contributed by atoms with Gasteiger partial charge in [-0.3, -0.25) is 0 Å². The first-order valence-corrected chi connectivity index (χ1v) is 7.76. The molecule has 0 amide bonds. The van der Waals surface area contributed by atoms with Gasteiger partial charge in [0.25, 0.3) is 0 Å². The summed E-state index contributed by atoms with van der Waals surface area (Å²) < 4.78 is 67.7. The summed E-state index contributed by atoms with van der Waals surface area (Å²) in [5.41, 5.74) is 0. The maximum absolute atomic E-state index is 14.3. The van der Waals surface area contributed by atoms with Crippen LogP contribution in [0.5, 0.6) is 17.2 Å². The van der Waals surface area contributed by atoms with Crippen LogP contribution in [0.15, 0.2) is 18.2 Å². The molecule has 0 unspecified atom stereocenters. The molecule has 23 heavy (non-hydrogen) atoms. The third kappa shape index (κ3) is 3.48. The topological polar surface area (TPSA) is 27.7 Å². The van der Waals surface area contributed by atoms with Crippen molar-refractivity contribution in [1.29, 1.82) is 0 Å². The van der Waals surface area contributed by atoms with E-state index in [2.05, 4.69) is 16.4 Å². The first-order chi connectivity index (χ1) is 10.8. The molecule has 0 atom stereocenters. The highest BCUT2D eigenvalue weighted by Crippen LogP contribution is 2.45. The van der Waals surface area contributed by atoms with Crippen molar-refractivity contribution in [3.63, 3.8) is 0 Å². The van der Waals surface area contributed by atoms with Gasteiger partial charge in [0.15, 0.2) is 11.5 Å². The highest BCUT2D eigenvalue weighted by Gasteiger charge is 2.46. The summed E-state index contributed by atoms with van der Waals surface area (Å²) in [5, 5.41) is 0. The van der Waals surface area contributed by atoms with Crippen LogP contribution in [0.25, 0.3) is 0 Å². The average molecular weight is 334 g/mol. The van der Waals surface area contributed by atoms with Gasteiger partial charge in [-0.2, -0.15) is 8.78 Å². The predicted octanol–water partition coefficient (Wildman–Crippen LogP) is 5.20. The van der Waals surface area contributed by atoms with E-state index in [1.54, 1.807) is 0 Å². The van der Waals surface area contributed by atoms with Crippen molar-refractivity contribution in [1.82, 2.24) is 0 Å². The van der Waals surface area contributed by atoms with E-state index >= 15 is 0 Å². The zero-order valence-corrected chi connectivity index (χ0v) is 12.7. The van der Waals surface area contributed by atoms with Crippen molar-refractivity contribution in [2.75, 3.05) is 0 Å². The Bertz CT molecular complexity index is 568. The van der Waals surface area contributed by atoms with Crippen LogP contribution in [-0.2, 0) is 0 Å². The van der Waals surface area contributed by atoms with Gasteiger partial charge in [0.1, 0.15) is 5.75 Å². The highest BCUT2D eigenvalue weighted by molar-refractivity contribution is 5.47. The minimum absolute atomic E-state index is 0.200. The zero-order chi connectivity index (χ0) is 16.7. The highest BCUT2D eigenvalue weighted by atomic mass is 19.3. The van der Waals surface area contributed by atoms with E-state index in [-0.39, 0.29) is 17.2 Å². The van der Waals surface area contributed by atoms with Gasteiger partial charge in [-0.1, -0.05) is 13.3 Å². The summed E-state index contributed by atoms with van der Waals surface area (Å²) in [5.74, 6) is -1.09. The molecule has 3 nitrogen and oxygen atoms in total. The van der Waals surface area contributed by atoms with Crippen LogP contribution in [0, 0.1) is 11.8 Å². The van der Waals surface area contributed by atoms with Gasteiger partial charge in [-0.25, -0.2) is 0 Å². The second kappa shape index (κ2) is 5.76. The smallest absolute Gasteiger partial charge is 0.432 e. The molecule has 0 N–H and O–H groups in total. The number of rotatable bonds is 4. The average Bonchev–Trinajstić information content (AvgIpc) is 2.80. The summed E-state index contributed by atoms with van der Waals surface area (Å²) in [6.07, 6.45) is -3.81. The van der Waals surface area contributed by atoms with Crippen molar-refractivity contribution >= 4 is 0 Å². The third-order valence-corrected chi connectivity index (χ3v) is 4.53. The van der Waals surface area contributed by atoms with E-state index in [0.717, 1.165) is 31.4 Å². The number of hydrogen-bond donors (Lipinski definition) is 0. The molecule has 7 heteroatoms. The number of alkyl halides is 4. The van der Waals surface area contributed by atoms with Crippen LogP contribution in [0.3, 0.4) is 0 Å². The molecule has 1 aromatic carbocycles. The van der Waals surface area contributed by atoms with Crippen LogP contribution < -0.4 is 14.2 Å². The van der Waals surface area contributed by atoms with E-state index in [4.69, 9.17) is 4.74 Å². The lowest BCUT2D eigenvalue weighted by atomic mass is 9.80. The third-order valence-electron chi connectivity index (χ3n) is 4.53. The lowest BCUT2D eigenvalue weighted by molar-refractivity contribution is -0.286. The molecule has 1 aromatic rings. The van der Waals surface area contributed by atoms with Crippen molar-refractivity contribution in [2.24, 2.45) is 11.8 Å². The number of benzene rings is 1. The van der Waals surface area contributed by atoms with Gasteiger partial charge in [-0.05, 0) is 43.7 Å². The molecule has 0 aromatic heterocycles. The molecule has 3 rings (SSSR count). The van der Waals surface area contributed by atoms with Gasteiger partial charge in [0, 0.05) is 6.07 Å². The van der Waals surface area contributed by atoms with Gasteiger partial charge in [0.05, 0.1) is 5.92 Å². The van der Waals surface area contributed by atoms with Crippen molar-refractivity contribution in [3.8, 4) is 17.2 Å². The first-order valence-electron chi connectivity index (χ1n) is 7.76. The van der Waals surface area contributed by atoms with E-state index in [1.807, 2.05) is 0 Å². The van der Waals surface area contributed by atoms with Crippen LogP contribution in [0.4, 0.5) is 17.6 Å². The Morgan fingerprint density at radius 2 is 1.78 bits per heavy atom. The maximum atomic E-state index is 14.3. The van der Waals surface area contributed by atoms with Gasteiger partial charge in [-0.15, -0.1) is 8.78 Å². The molecule has 0 saturated heterocycles. The molecule has 0 bridgehead atoms. The molecule has 128 valence electrons. The molecule has 1 heterocycles. The second-order valence-corrected chi connectivity index (χ2v) is 6.07. The Morgan fingerprint density at radius 1 is 1.13 bits per heavy atom. The van der Waals surface area contributed by atoms with Gasteiger partial charge in [0.2, 0.25) is 0 Å². The number of fused-ring (bicyclic) bond motifs is 1. The predicted molar refractivity (Wildman–Crippen MR) is 74.0 cm³/mol. The second-order valence-electron chi connectivity index (χ2n) is 6.07. The Kier molecular flexibility index (Phi) is 4.06. The zero-order valence-electron chi connectivity index (χ0n) is 12.7. The van der Waals surface area contributed by atoms with Gasteiger partial charge >= 0.3 is 12.4 Å². The Hall–Kier alpha value is -1.66. The van der Waals surface area contributed by atoms with Crippen molar-refractivity contribution < 1.29 is 31.8 Å². The van der Waals surface area contributed by atoms with E-state index in [9.17, 15) is 17.6 Å². The molecular weight excluding hydrogens is 316 g/mol. The van der Waals surface area contributed by atoms with Crippen LogP contribution >= 0.6 is 0 Å². The molecule has 0 radical (unpaired) electrons. The maximum Gasteiger partial charge on any atom is 0.586 e. The van der Waals surface area contributed by atoms with Crippen molar-refractivity contribution in [2.45, 2.75) is 51.4 Å². The summed E-state index contributed by atoms with van der Waals surface area (Å²) in [4.78, 5) is 0. The number of ether oxygens (including phenoxy) is 3. The minimum atomic E-state index is -3.78. The fourth-order valence-electron chi connectivity index (χ4n) is 3.14. The standard InChI is InChI=1S/C16H18F4O3/c1-2-10-3-5-11(6-4-10)15(17,18)21-12-7-8-13-14(9-12)23-16(19,20)22-13/h7-11H,2-6H2,1H3. The fraction of sp³-hybridized carbons (Fsp3) is 0.625. The summed E-state index contributed by atoms with van der Waals surface area (Å²) in [6.45, 7) is 2.06. The first kappa shape index (κ1) is 16.2. The van der Waals surface area contributed by atoms with Crippen molar-refractivity contribution in [3.05, 3.63) is 18.2 Å². The lowest BCUT2D eigenvalue weighted by Gasteiger charge is -2.32. The SMILES string of the molecule is CCC1CCC(C(F)(F)Oc2ccc3c(c2)OC(F)(F)O3)CC1. The Morgan fingerprint density at radius 3 is 2.43 bits per heavy atom. The Labute approximate surface area is 131 Å². The fourth-order valence-corrected chi connectivity index (χ4v) is 3.14. The minimum Gasteiger partial charge on any atom is -0.432 e. The molecule has 2 aliphatic rings. The molecule has 1 saturated carbocycles. The van der Waals surface area contributed by atoms with Gasteiger partial charge < -0.3 is 14.2 Å². The van der Waals surface area contributed by atoms with Crippen LogP contribution in [-0.4, -0.2) is 12.4 Å². The molecule has 1 aliphatic carbocycles. The lowest BCUT2D eigenvalue weighted by Crippen LogP contribution is -2.37. The van der Waals surface area contributed by atoms with E-state index in [0.29, 0.717) is 18.8 Å².